The second kappa shape index (κ2) is 8.27. The molecule has 30 heavy (non-hydrogen) atoms. The lowest BCUT2D eigenvalue weighted by molar-refractivity contribution is -0.145. The van der Waals surface area contributed by atoms with E-state index >= 15 is 0 Å². The van der Waals surface area contributed by atoms with Gasteiger partial charge in [-0.3, -0.25) is 4.79 Å². The van der Waals surface area contributed by atoms with Gasteiger partial charge in [-0.25, -0.2) is 14.8 Å². The van der Waals surface area contributed by atoms with Crippen LogP contribution in [0.5, 0.6) is 0 Å². The lowest BCUT2D eigenvalue weighted by atomic mass is 9.74. The van der Waals surface area contributed by atoms with Crippen molar-refractivity contribution in [1.82, 2.24) is 20.2 Å². The smallest absolute Gasteiger partial charge is 0.433 e. The Morgan fingerprint density at radius 3 is 2.50 bits per heavy atom. The summed E-state index contributed by atoms with van der Waals surface area (Å²) in [5, 5.41) is 11.5. The average Bonchev–Trinajstić information content (AvgIpc) is 3.11. The number of alkyl halides is 3. The molecule has 1 aromatic heterocycles. The third-order valence-electron chi connectivity index (χ3n) is 6.19. The zero-order chi connectivity index (χ0) is 22.1. The quantitative estimate of drug-likeness (QED) is 0.764. The first-order valence-corrected chi connectivity index (χ1v) is 9.97. The van der Waals surface area contributed by atoms with Gasteiger partial charge >= 0.3 is 12.3 Å². The number of nitrogens with zero attached hydrogens (tertiary/aromatic N) is 4. The summed E-state index contributed by atoms with van der Waals surface area (Å²) in [5.41, 5.74) is -1.63. The van der Waals surface area contributed by atoms with Crippen molar-refractivity contribution in [2.24, 2.45) is 11.3 Å². The predicted molar refractivity (Wildman–Crippen MR) is 102 cm³/mol. The van der Waals surface area contributed by atoms with Crippen molar-refractivity contribution < 1.29 is 27.9 Å². The summed E-state index contributed by atoms with van der Waals surface area (Å²) in [6.45, 7) is 5.30. The second-order valence-corrected chi connectivity index (χ2v) is 8.22. The Hall–Kier alpha value is -2.59. The summed E-state index contributed by atoms with van der Waals surface area (Å²) in [4.78, 5) is 35.3. The van der Waals surface area contributed by atoms with Gasteiger partial charge in [-0.2, -0.15) is 13.2 Å². The topological polar surface area (TPSA) is 98.7 Å². The Labute approximate surface area is 172 Å². The molecule has 0 aromatic carbocycles. The maximum absolute atomic E-state index is 13.4. The maximum Gasteiger partial charge on any atom is 0.433 e. The number of carbonyl (C=O) groups excluding carboxylic acids is 1. The van der Waals surface area contributed by atoms with Gasteiger partial charge in [-0.05, 0) is 31.2 Å². The number of rotatable bonds is 4. The molecule has 2 amide bonds. The summed E-state index contributed by atoms with van der Waals surface area (Å²) in [5.74, 6) is 0.0225. The van der Waals surface area contributed by atoms with Gasteiger partial charge in [0, 0.05) is 38.4 Å². The SMILES string of the molecule is CC(C)[C@]1(C(=O)N2CCN(c3nccc(C(F)(F)F)n3)CC2)CC[C@@H](NC(=O)O)C1. The van der Waals surface area contributed by atoms with Crippen molar-refractivity contribution in [1.29, 1.82) is 0 Å². The number of hydrogen-bond acceptors (Lipinski definition) is 5. The van der Waals surface area contributed by atoms with E-state index in [0.29, 0.717) is 45.4 Å². The van der Waals surface area contributed by atoms with E-state index < -0.39 is 23.4 Å². The fourth-order valence-corrected chi connectivity index (χ4v) is 4.42. The largest absolute Gasteiger partial charge is 0.465 e. The van der Waals surface area contributed by atoms with Gasteiger partial charge < -0.3 is 20.2 Å². The van der Waals surface area contributed by atoms with Crippen LogP contribution in [-0.4, -0.2) is 64.2 Å². The monoisotopic (exact) mass is 429 g/mol. The first-order chi connectivity index (χ1) is 14.0. The van der Waals surface area contributed by atoms with Crippen LogP contribution in [0.4, 0.5) is 23.9 Å². The van der Waals surface area contributed by atoms with Gasteiger partial charge in [0.2, 0.25) is 11.9 Å². The van der Waals surface area contributed by atoms with Crippen LogP contribution in [0.1, 0.15) is 38.8 Å². The molecular weight excluding hydrogens is 403 g/mol. The third kappa shape index (κ3) is 4.44. The first-order valence-electron chi connectivity index (χ1n) is 9.97. The van der Waals surface area contributed by atoms with Crippen LogP contribution in [0.3, 0.4) is 0 Å². The van der Waals surface area contributed by atoms with E-state index in [2.05, 4.69) is 15.3 Å². The van der Waals surface area contributed by atoms with Crippen molar-refractivity contribution in [3.8, 4) is 0 Å². The molecule has 1 aliphatic heterocycles. The van der Waals surface area contributed by atoms with Crippen molar-refractivity contribution >= 4 is 17.9 Å². The predicted octanol–water partition coefficient (Wildman–Crippen LogP) is 2.61. The highest BCUT2D eigenvalue weighted by molar-refractivity contribution is 5.84. The van der Waals surface area contributed by atoms with E-state index in [9.17, 15) is 22.8 Å². The molecule has 8 nitrogen and oxygen atoms in total. The van der Waals surface area contributed by atoms with Crippen LogP contribution in [0.15, 0.2) is 12.3 Å². The number of piperazine rings is 1. The molecule has 11 heteroatoms. The van der Waals surface area contributed by atoms with E-state index in [-0.39, 0.29) is 23.8 Å². The molecule has 2 fully saturated rings. The summed E-state index contributed by atoms with van der Waals surface area (Å²) >= 11 is 0. The fourth-order valence-electron chi connectivity index (χ4n) is 4.42. The molecule has 3 rings (SSSR count). The second-order valence-electron chi connectivity index (χ2n) is 8.22. The van der Waals surface area contributed by atoms with Gasteiger partial charge in [0.25, 0.3) is 0 Å². The summed E-state index contributed by atoms with van der Waals surface area (Å²) < 4.78 is 38.7. The highest BCUT2D eigenvalue weighted by Gasteiger charge is 2.50. The van der Waals surface area contributed by atoms with E-state index in [4.69, 9.17) is 5.11 Å². The summed E-state index contributed by atoms with van der Waals surface area (Å²) in [6.07, 6.45) is -2.89. The number of carboxylic acid groups (broad SMARTS) is 1. The zero-order valence-electron chi connectivity index (χ0n) is 16.9. The van der Waals surface area contributed by atoms with Crippen LogP contribution < -0.4 is 10.2 Å². The minimum absolute atomic E-state index is 0.00193. The number of anilines is 1. The number of hydrogen-bond donors (Lipinski definition) is 2. The lowest BCUT2D eigenvalue weighted by Crippen LogP contribution is -2.54. The molecule has 2 atom stereocenters. The maximum atomic E-state index is 13.4. The Balaban J connectivity index is 1.67. The van der Waals surface area contributed by atoms with Crippen LogP contribution in [0.25, 0.3) is 0 Å². The van der Waals surface area contributed by atoms with Crippen LogP contribution in [0.2, 0.25) is 0 Å². The number of carbonyl (C=O) groups is 2. The van der Waals surface area contributed by atoms with Crippen LogP contribution >= 0.6 is 0 Å². The Morgan fingerprint density at radius 1 is 1.27 bits per heavy atom. The van der Waals surface area contributed by atoms with Gasteiger partial charge in [0.15, 0.2) is 0 Å². The van der Waals surface area contributed by atoms with Crippen LogP contribution in [0, 0.1) is 11.3 Å². The highest BCUT2D eigenvalue weighted by atomic mass is 19.4. The number of nitrogens with one attached hydrogen (secondary N) is 1. The minimum atomic E-state index is -4.54. The van der Waals surface area contributed by atoms with Gasteiger partial charge in [0.05, 0.1) is 5.41 Å². The molecule has 0 unspecified atom stereocenters. The highest BCUT2D eigenvalue weighted by Crippen LogP contribution is 2.46. The molecule has 2 N–H and O–H groups in total. The Morgan fingerprint density at radius 2 is 1.93 bits per heavy atom. The first kappa shape index (κ1) is 22.1. The zero-order valence-corrected chi connectivity index (χ0v) is 16.9. The Bertz CT molecular complexity index is 796. The molecule has 1 aliphatic carbocycles. The molecule has 166 valence electrons. The van der Waals surface area contributed by atoms with Crippen molar-refractivity contribution in [2.45, 2.75) is 45.3 Å². The van der Waals surface area contributed by atoms with E-state index in [0.717, 1.165) is 12.3 Å². The molecule has 0 spiro atoms. The van der Waals surface area contributed by atoms with Crippen LogP contribution in [-0.2, 0) is 11.0 Å². The van der Waals surface area contributed by atoms with Crippen molar-refractivity contribution in [3.05, 3.63) is 18.0 Å². The molecule has 0 radical (unpaired) electrons. The third-order valence-corrected chi connectivity index (χ3v) is 6.19. The fraction of sp³-hybridized carbons (Fsp3) is 0.684. The molecule has 1 aromatic rings. The van der Waals surface area contributed by atoms with E-state index in [1.54, 1.807) is 9.80 Å². The molecular formula is C19H26F3N5O3. The standard InChI is InChI=1S/C19H26F3N5O3/c1-12(2)18(5-3-13(11-18)24-17(29)30)15(28)26-7-9-27(10-8-26)16-23-6-4-14(25-16)19(20,21)22/h4,6,12-13,24H,3,5,7-11H2,1-2H3,(H,29,30)/t13-,18+/m1/s1. The Kier molecular flexibility index (Phi) is 6.09. The molecule has 1 saturated heterocycles. The van der Waals surface area contributed by atoms with E-state index in [1.807, 2.05) is 13.8 Å². The summed E-state index contributed by atoms with van der Waals surface area (Å²) in [6, 6.07) is 0.575. The molecule has 0 bridgehead atoms. The van der Waals surface area contributed by atoms with Gasteiger partial charge in [-0.1, -0.05) is 13.8 Å². The lowest BCUT2D eigenvalue weighted by Gasteiger charge is -2.41. The number of aromatic nitrogens is 2. The van der Waals surface area contributed by atoms with E-state index in [1.165, 1.54) is 0 Å². The van der Waals surface area contributed by atoms with Gasteiger partial charge in [-0.15, -0.1) is 0 Å². The van der Waals surface area contributed by atoms with Crippen molar-refractivity contribution in [2.75, 3.05) is 31.1 Å². The molecule has 2 aliphatic rings. The number of amides is 2. The average molecular weight is 429 g/mol. The van der Waals surface area contributed by atoms with Gasteiger partial charge in [0.1, 0.15) is 5.69 Å². The minimum Gasteiger partial charge on any atom is -0.465 e. The number of halogens is 3. The normalized spacial score (nSPS) is 24.9. The molecule has 2 heterocycles. The molecule has 1 saturated carbocycles. The van der Waals surface area contributed by atoms with Crippen molar-refractivity contribution in [3.63, 3.8) is 0 Å². The summed E-state index contributed by atoms with van der Waals surface area (Å²) in [7, 11) is 0.